The number of aromatic amines is 2. The van der Waals surface area contributed by atoms with Gasteiger partial charge in [0.15, 0.2) is 4.64 Å². The van der Waals surface area contributed by atoms with E-state index in [-0.39, 0.29) is 0 Å². The maximum atomic E-state index is 7.36. The highest BCUT2D eigenvalue weighted by atomic mass is 32.1. The summed E-state index contributed by atoms with van der Waals surface area (Å²) in [7, 11) is 0. The number of nitrogens with one attached hydrogen (secondary N) is 2. The zero-order chi connectivity index (χ0) is 13.4. The van der Waals surface area contributed by atoms with E-state index < -0.39 is 0 Å². The van der Waals surface area contributed by atoms with Crippen molar-refractivity contribution in [3.63, 3.8) is 0 Å². The zero-order valence-corrected chi connectivity index (χ0v) is 10.6. The Morgan fingerprint density at radius 3 is 2.79 bits per heavy atom. The molecule has 3 aromatic rings. The molecule has 0 atom stereocenters. The SMILES string of the molecule is [C-]#[N+]c1c(-c2ccccc2N)[nH]c2c(=S)nc[nH]c12. The van der Waals surface area contributed by atoms with Crippen molar-refractivity contribution in [2.24, 2.45) is 0 Å². The summed E-state index contributed by atoms with van der Waals surface area (Å²) in [5.74, 6) is 0. The second-order valence-corrected chi connectivity index (χ2v) is 4.39. The van der Waals surface area contributed by atoms with Crippen molar-refractivity contribution in [1.29, 1.82) is 0 Å². The number of benzene rings is 1. The maximum Gasteiger partial charge on any atom is 0.235 e. The van der Waals surface area contributed by atoms with E-state index in [9.17, 15) is 0 Å². The lowest BCUT2D eigenvalue weighted by Gasteiger charge is -2.03. The molecule has 4 N–H and O–H groups in total. The predicted octanol–water partition coefficient (Wildman–Crippen LogP) is 3.42. The van der Waals surface area contributed by atoms with E-state index >= 15 is 0 Å². The highest BCUT2D eigenvalue weighted by Crippen LogP contribution is 2.38. The minimum absolute atomic E-state index is 0.430. The molecule has 0 aliphatic rings. The van der Waals surface area contributed by atoms with Gasteiger partial charge in [0.25, 0.3) is 0 Å². The van der Waals surface area contributed by atoms with Gasteiger partial charge in [0.1, 0.15) is 0 Å². The van der Waals surface area contributed by atoms with Crippen molar-refractivity contribution in [3.05, 3.63) is 46.7 Å². The van der Waals surface area contributed by atoms with Crippen LogP contribution in [0.3, 0.4) is 0 Å². The molecule has 0 fully saturated rings. The quantitative estimate of drug-likeness (QED) is 0.359. The molecule has 0 radical (unpaired) electrons. The van der Waals surface area contributed by atoms with Gasteiger partial charge in [-0.25, -0.2) is 9.83 Å². The molecule has 0 spiro atoms. The molecule has 1 aromatic carbocycles. The number of para-hydroxylation sites is 1. The van der Waals surface area contributed by atoms with E-state index in [1.807, 2.05) is 18.2 Å². The lowest BCUT2D eigenvalue weighted by molar-refractivity contribution is 1.20. The topological polar surface area (TPSA) is 74.8 Å². The van der Waals surface area contributed by atoms with Crippen molar-refractivity contribution in [3.8, 4) is 11.3 Å². The fourth-order valence-corrected chi connectivity index (χ4v) is 2.25. The van der Waals surface area contributed by atoms with E-state index in [4.69, 9.17) is 24.5 Å². The third kappa shape index (κ3) is 1.68. The van der Waals surface area contributed by atoms with Gasteiger partial charge in [-0.15, -0.1) is 0 Å². The largest absolute Gasteiger partial charge is 0.398 e. The first-order valence-electron chi connectivity index (χ1n) is 5.54. The number of nitrogen functional groups attached to an aromatic ring is 1. The lowest BCUT2D eigenvalue weighted by atomic mass is 10.1. The summed E-state index contributed by atoms with van der Waals surface area (Å²) in [4.78, 5) is 13.7. The molecular weight excluding hydrogens is 258 g/mol. The summed E-state index contributed by atoms with van der Waals surface area (Å²) in [6.45, 7) is 7.36. The molecule has 19 heavy (non-hydrogen) atoms. The molecule has 3 rings (SSSR count). The average molecular weight is 267 g/mol. The van der Waals surface area contributed by atoms with Crippen LogP contribution >= 0.6 is 12.2 Å². The highest BCUT2D eigenvalue weighted by Gasteiger charge is 2.16. The van der Waals surface area contributed by atoms with Gasteiger partial charge in [-0.3, -0.25) is 0 Å². The molecule has 2 heterocycles. The van der Waals surface area contributed by atoms with Crippen LogP contribution in [0.5, 0.6) is 0 Å². The van der Waals surface area contributed by atoms with Gasteiger partial charge in [0.2, 0.25) is 5.69 Å². The van der Waals surface area contributed by atoms with Gasteiger partial charge in [0, 0.05) is 11.3 Å². The van der Waals surface area contributed by atoms with Crippen molar-refractivity contribution < 1.29 is 0 Å². The number of hydrogen-bond donors (Lipinski definition) is 3. The third-order valence-corrected chi connectivity index (χ3v) is 3.23. The highest BCUT2D eigenvalue weighted by molar-refractivity contribution is 7.71. The van der Waals surface area contributed by atoms with Crippen molar-refractivity contribution in [1.82, 2.24) is 15.0 Å². The Morgan fingerprint density at radius 1 is 1.26 bits per heavy atom. The van der Waals surface area contributed by atoms with E-state index in [1.165, 1.54) is 6.33 Å². The first-order valence-corrected chi connectivity index (χ1v) is 5.95. The van der Waals surface area contributed by atoms with Crippen LogP contribution < -0.4 is 5.73 Å². The van der Waals surface area contributed by atoms with E-state index in [2.05, 4.69) is 19.8 Å². The van der Waals surface area contributed by atoms with E-state index in [0.29, 0.717) is 32.7 Å². The summed E-state index contributed by atoms with van der Waals surface area (Å²) < 4.78 is 0.430. The van der Waals surface area contributed by atoms with Crippen LogP contribution in [-0.4, -0.2) is 15.0 Å². The molecule has 0 saturated heterocycles. The van der Waals surface area contributed by atoms with Crippen LogP contribution in [0.1, 0.15) is 0 Å². The van der Waals surface area contributed by atoms with Crippen LogP contribution in [0, 0.1) is 11.2 Å². The molecule has 0 bridgehead atoms. The monoisotopic (exact) mass is 267 g/mol. The minimum atomic E-state index is 0.430. The van der Waals surface area contributed by atoms with Crippen molar-refractivity contribution in [2.45, 2.75) is 0 Å². The summed E-state index contributed by atoms with van der Waals surface area (Å²) in [6, 6.07) is 7.39. The summed E-state index contributed by atoms with van der Waals surface area (Å²) >= 11 is 5.16. The van der Waals surface area contributed by atoms with Crippen LogP contribution in [0.4, 0.5) is 11.4 Å². The van der Waals surface area contributed by atoms with Gasteiger partial charge >= 0.3 is 0 Å². The standard InChI is InChI=1S/C13H9N5S/c1-15-10-9(7-4-2-3-5-8(7)14)18-12-11(10)16-6-17-13(12)19/h2-6,18H,14H2,(H,16,17,19). The van der Waals surface area contributed by atoms with Gasteiger partial charge in [-0.2, -0.15) is 0 Å². The number of anilines is 1. The molecule has 0 saturated carbocycles. The number of fused-ring (bicyclic) bond motifs is 1. The van der Waals surface area contributed by atoms with Crippen LogP contribution in [-0.2, 0) is 0 Å². The van der Waals surface area contributed by atoms with Crippen molar-refractivity contribution >= 4 is 34.6 Å². The molecular formula is C13H9N5S. The molecule has 0 aliphatic heterocycles. The Morgan fingerprint density at radius 2 is 2.05 bits per heavy atom. The third-order valence-electron chi connectivity index (χ3n) is 2.92. The number of hydrogen-bond acceptors (Lipinski definition) is 3. The molecule has 0 unspecified atom stereocenters. The van der Waals surface area contributed by atoms with Crippen LogP contribution in [0.2, 0.25) is 0 Å². The molecule has 5 nitrogen and oxygen atoms in total. The Labute approximate surface area is 113 Å². The molecule has 2 aromatic heterocycles. The normalized spacial score (nSPS) is 10.5. The van der Waals surface area contributed by atoms with Gasteiger partial charge < -0.3 is 15.7 Å². The Hall–Kier alpha value is -2.65. The number of nitrogens with two attached hydrogens (primary N) is 1. The molecule has 6 heteroatoms. The first kappa shape index (κ1) is 11.4. The zero-order valence-electron chi connectivity index (χ0n) is 9.77. The number of rotatable bonds is 1. The fraction of sp³-hybridized carbons (Fsp3) is 0. The van der Waals surface area contributed by atoms with E-state index in [1.54, 1.807) is 6.07 Å². The fourth-order valence-electron chi connectivity index (χ4n) is 2.04. The summed E-state index contributed by atoms with van der Waals surface area (Å²) in [6.07, 6.45) is 1.49. The van der Waals surface area contributed by atoms with E-state index in [0.717, 1.165) is 5.56 Å². The Balaban J connectivity index is 2.44. The second-order valence-electron chi connectivity index (χ2n) is 4.01. The Kier molecular flexibility index (Phi) is 2.54. The van der Waals surface area contributed by atoms with Crippen LogP contribution in [0.25, 0.3) is 27.1 Å². The molecule has 0 aliphatic carbocycles. The smallest absolute Gasteiger partial charge is 0.235 e. The number of nitrogens with zero attached hydrogens (tertiary/aromatic N) is 2. The number of H-pyrrole nitrogens is 2. The molecule has 0 amide bonds. The van der Waals surface area contributed by atoms with Gasteiger partial charge in [-0.05, 0) is 6.07 Å². The molecule has 92 valence electrons. The minimum Gasteiger partial charge on any atom is -0.398 e. The average Bonchev–Trinajstić information content (AvgIpc) is 2.79. The Bertz CT molecular complexity index is 869. The second kappa shape index (κ2) is 4.23. The first-order chi connectivity index (χ1) is 9.22. The maximum absolute atomic E-state index is 7.36. The van der Waals surface area contributed by atoms with Gasteiger partial charge in [0.05, 0.1) is 29.6 Å². The number of aromatic nitrogens is 3. The lowest BCUT2D eigenvalue weighted by Crippen LogP contribution is -1.89. The van der Waals surface area contributed by atoms with Crippen molar-refractivity contribution in [2.75, 3.05) is 5.73 Å². The van der Waals surface area contributed by atoms with Crippen LogP contribution in [0.15, 0.2) is 30.6 Å². The predicted molar refractivity (Wildman–Crippen MR) is 77.4 cm³/mol. The summed E-state index contributed by atoms with van der Waals surface area (Å²) in [5, 5.41) is 0. The van der Waals surface area contributed by atoms with Gasteiger partial charge in [-0.1, -0.05) is 30.4 Å². The summed E-state index contributed by atoms with van der Waals surface area (Å²) in [5.41, 5.74) is 9.81.